The number of alkyl halides is 2. The standard InChI is InChI=1S/C20H17F2N5O2/c21-20(22)29-17-7-2-1-4-13(17)8-11-18(28)23-15-6-3-5-14(12-15)19-24-25-26-27(19)16-9-10-16/h1-8,11-12,16,20H,9-10H2,(H,23,28)/b11-8+. The van der Waals surface area contributed by atoms with Crippen LogP contribution in [0, 0.1) is 0 Å². The van der Waals surface area contributed by atoms with E-state index in [4.69, 9.17) is 0 Å². The van der Waals surface area contributed by atoms with Crippen molar-refractivity contribution in [3.63, 3.8) is 0 Å². The molecule has 148 valence electrons. The summed E-state index contributed by atoms with van der Waals surface area (Å²) >= 11 is 0. The van der Waals surface area contributed by atoms with Gasteiger partial charge in [-0.1, -0.05) is 30.3 Å². The summed E-state index contributed by atoms with van der Waals surface area (Å²) < 4.78 is 31.2. The normalized spacial score (nSPS) is 13.8. The van der Waals surface area contributed by atoms with E-state index in [9.17, 15) is 13.6 Å². The van der Waals surface area contributed by atoms with Gasteiger partial charge in [-0.05, 0) is 47.5 Å². The maximum Gasteiger partial charge on any atom is 0.387 e. The van der Waals surface area contributed by atoms with Gasteiger partial charge in [0.2, 0.25) is 5.91 Å². The first-order valence-corrected chi connectivity index (χ1v) is 9.01. The molecular formula is C20H17F2N5O2. The molecule has 1 N–H and O–H groups in total. The van der Waals surface area contributed by atoms with Crippen molar-refractivity contribution in [1.82, 2.24) is 20.2 Å². The van der Waals surface area contributed by atoms with Gasteiger partial charge in [0.05, 0.1) is 6.04 Å². The van der Waals surface area contributed by atoms with Crippen molar-refractivity contribution in [1.29, 1.82) is 0 Å². The molecule has 4 rings (SSSR count). The Hall–Kier alpha value is -3.62. The van der Waals surface area contributed by atoms with Crippen molar-refractivity contribution in [2.45, 2.75) is 25.5 Å². The SMILES string of the molecule is O=C(/C=C/c1ccccc1OC(F)F)Nc1cccc(-c2nnnn2C2CC2)c1. The van der Waals surface area contributed by atoms with Crippen molar-refractivity contribution in [3.05, 3.63) is 60.2 Å². The number of ether oxygens (including phenoxy) is 1. The third-order valence-electron chi connectivity index (χ3n) is 4.32. The summed E-state index contributed by atoms with van der Waals surface area (Å²) in [6, 6.07) is 13.8. The Morgan fingerprint density at radius 3 is 2.83 bits per heavy atom. The number of aromatic nitrogens is 4. The number of halogens is 2. The lowest BCUT2D eigenvalue weighted by molar-refractivity contribution is -0.111. The Balaban J connectivity index is 1.47. The average Bonchev–Trinajstić information content (AvgIpc) is 3.43. The molecule has 1 heterocycles. The summed E-state index contributed by atoms with van der Waals surface area (Å²) in [6.07, 6.45) is 4.78. The maximum atomic E-state index is 12.5. The molecule has 0 bridgehead atoms. The number of anilines is 1. The van der Waals surface area contributed by atoms with Crippen LogP contribution >= 0.6 is 0 Å². The van der Waals surface area contributed by atoms with Gasteiger partial charge < -0.3 is 10.1 Å². The van der Waals surface area contributed by atoms with Crippen molar-refractivity contribution in [2.24, 2.45) is 0 Å². The van der Waals surface area contributed by atoms with E-state index in [-0.39, 0.29) is 5.75 Å². The topological polar surface area (TPSA) is 81.9 Å². The first kappa shape index (κ1) is 18.7. The highest BCUT2D eigenvalue weighted by atomic mass is 19.3. The lowest BCUT2D eigenvalue weighted by Crippen LogP contribution is -2.08. The molecule has 9 heteroatoms. The van der Waals surface area contributed by atoms with E-state index in [2.05, 4.69) is 25.6 Å². The fourth-order valence-corrected chi connectivity index (χ4v) is 2.86. The number of nitrogens with one attached hydrogen (secondary N) is 1. The van der Waals surface area contributed by atoms with E-state index >= 15 is 0 Å². The molecule has 1 aliphatic carbocycles. The Bertz CT molecular complexity index is 1050. The van der Waals surface area contributed by atoms with Crippen LogP contribution in [0.25, 0.3) is 17.5 Å². The van der Waals surface area contributed by atoms with Crippen LogP contribution in [-0.2, 0) is 4.79 Å². The quantitative estimate of drug-likeness (QED) is 0.611. The second-order valence-corrected chi connectivity index (χ2v) is 6.50. The zero-order chi connectivity index (χ0) is 20.2. The van der Waals surface area contributed by atoms with Crippen LogP contribution in [0.3, 0.4) is 0 Å². The van der Waals surface area contributed by atoms with Gasteiger partial charge in [-0.2, -0.15) is 8.78 Å². The Morgan fingerprint density at radius 1 is 1.21 bits per heavy atom. The highest BCUT2D eigenvalue weighted by molar-refractivity contribution is 6.02. The lowest BCUT2D eigenvalue weighted by atomic mass is 10.1. The van der Waals surface area contributed by atoms with Gasteiger partial charge in [-0.15, -0.1) is 5.10 Å². The number of hydrogen-bond acceptors (Lipinski definition) is 5. The monoisotopic (exact) mass is 397 g/mol. The first-order valence-electron chi connectivity index (χ1n) is 9.01. The van der Waals surface area contributed by atoms with Gasteiger partial charge in [0.15, 0.2) is 5.82 Å². The smallest absolute Gasteiger partial charge is 0.387 e. The molecule has 7 nitrogen and oxygen atoms in total. The maximum absolute atomic E-state index is 12.5. The minimum atomic E-state index is -2.94. The largest absolute Gasteiger partial charge is 0.434 e. The fourth-order valence-electron chi connectivity index (χ4n) is 2.86. The second kappa shape index (κ2) is 8.17. The number of amides is 1. The average molecular weight is 397 g/mol. The molecule has 1 aliphatic rings. The third kappa shape index (κ3) is 4.63. The van der Waals surface area contributed by atoms with Crippen LogP contribution in [0.5, 0.6) is 5.75 Å². The molecule has 1 fully saturated rings. The molecule has 0 radical (unpaired) electrons. The number of hydrogen-bond donors (Lipinski definition) is 1. The first-order chi connectivity index (χ1) is 14.1. The summed E-state index contributed by atoms with van der Waals surface area (Å²) in [5, 5.41) is 14.6. The Morgan fingerprint density at radius 2 is 2.03 bits per heavy atom. The molecule has 2 aromatic carbocycles. The second-order valence-electron chi connectivity index (χ2n) is 6.50. The molecule has 0 atom stereocenters. The number of nitrogens with zero attached hydrogens (tertiary/aromatic N) is 4. The fraction of sp³-hybridized carbons (Fsp3) is 0.200. The summed E-state index contributed by atoms with van der Waals surface area (Å²) in [4.78, 5) is 12.3. The summed E-state index contributed by atoms with van der Waals surface area (Å²) in [5.41, 5.74) is 1.74. The summed E-state index contributed by atoms with van der Waals surface area (Å²) in [5.74, 6) is 0.244. The van der Waals surface area contributed by atoms with E-state index in [1.54, 1.807) is 41.1 Å². The van der Waals surface area contributed by atoms with Crippen LogP contribution in [-0.4, -0.2) is 32.7 Å². The van der Waals surface area contributed by atoms with Gasteiger partial charge in [-0.25, -0.2) is 4.68 Å². The predicted octanol–water partition coefficient (Wildman–Crippen LogP) is 3.93. The molecule has 0 unspecified atom stereocenters. The molecule has 0 saturated heterocycles. The van der Waals surface area contributed by atoms with Crippen LogP contribution in [0.15, 0.2) is 54.6 Å². The van der Waals surface area contributed by atoms with E-state index < -0.39 is 12.5 Å². The number of tetrazole rings is 1. The lowest BCUT2D eigenvalue weighted by Gasteiger charge is -2.08. The number of benzene rings is 2. The minimum Gasteiger partial charge on any atom is -0.434 e. The van der Waals surface area contributed by atoms with Gasteiger partial charge in [0, 0.05) is 22.9 Å². The molecule has 0 spiro atoms. The highest BCUT2D eigenvalue weighted by Crippen LogP contribution is 2.36. The Labute approximate surface area is 165 Å². The molecular weight excluding hydrogens is 380 g/mol. The van der Waals surface area contributed by atoms with Crippen molar-refractivity contribution in [3.8, 4) is 17.1 Å². The van der Waals surface area contributed by atoms with Gasteiger partial charge in [-0.3, -0.25) is 4.79 Å². The van der Waals surface area contributed by atoms with Crippen molar-refractivity contribution < 1.29 is 18.3 Å². The number of para-hydroxylation sites is 1. The van der Waals surface area contributed by atoms with Crippen LogP contribution in [0.1, 0.15) is 24.4 Å². The minimum absolute atomic E-state index is 0.000426. The summed E-state index contributed by atoms with van der Waals surface area (Å²) in [6.45, 7) is -2.94. The van der Waals surface area contributed by atoms with Crippen molar-refractivity contribution >= 4 is 17.7 Å². The van der Waals surface area contributed by atoms with Crippen LogP contribution in [0.4, 0.5) is 14.5 Å². The molecule has 3 aromatic rings. The zero-order valence-electron chi connectivity index (χ0n) is 15.2. The van der Waals surface area contributed by atoms with Crippen LogP contribution < -0.4 is 10.1 Å². The molecule has 1 saturated carbocycles. The van der Waals surface area contributed by atoms with E-state index in [0.717, 1.165) is 18.4 Å². The summed E-state index contributed by atoms with van der Waals surface area (Å²) in [7, 11) is 0. The van der Waals surface area contributed by atoms with E-state index in [0.29, 0.717) is 23.1 Å². The van der Waals surface area contributed by atoms with Crippen molar-refractivity contribution in [2.75, 3.05) is 5.32 Å². The highest BCUT2D eigenvalue weighted by Gasteiger charge is 2.28. The number of rotatable bonds is 7. The third-order valence-corrected chi connectivity index (χ3v) is 4.32. The molecule has 0 aliphatic heterocycles. The molecule has 1 amide bonds. The predicted molar refractivity (Wildman–Crippen MR) is 102 cm³/mol. The number of carbonyl (C=O) groups is 1. The van der Waals surface area contributed by atoms with Gasteiger partial charge >= 0.3 is 6.61 Å². The van der Waals surface area contributed by atoms with Gasteiger partial charge in [0.25, 0.3) is 0 Å². The van der Waals surface area contributed by atoms with Gasteiger partial charge in [0.1, 0.15) is 5.75 Å². The Kier molecular flexibility index (Phi) is 5.28. The van der Waals surface area contributed by atoms with E-state index in [1.807, 2.05) is 6.07 Å². The number of carbonyl (C=O) groups excluding carboxylic acids is 1. The molecule has 1 aromatic heterocycles. The van der Waals surface area contributed by atoms with Crippen LogP contribution in [0.2, 0.25) is 0 Å². The zero-order valence-corrected chi connectivity index (χ0v) is 15.2. The molecule has 29 heavy (non-hydrogen) atoms. The van der Waals surface area contributed by atoms with E-state index in [1.165, 1.54) is 18.2 Å².